The highest BCUT2D eigenvalue weighted by Crippen LogP contribution is 2.22. The van der Waals surface area contributed by atoms with Gasteiger partial charge in [-0.25, -0.2) is 0 Å². The molecule has 2 rings (SSSR count). The maximum Gasteiger partial charge on any atom is 0.252 e. The number of hydrogen-bond acceptors (Lipinski definition) is 3. The third-order valence-electron chi connectivity index (χ3n) is 3.24. The smallest absolute Gasteiger partial charge is 0.252 e. The summed E-state index contributed by atoms with van der Waals surface area (Å²) in [5, 5.41) is 5.77. The number of amides is 2. The van der Waals surface area contributed by atoms with Crippen molar-refractivity contribution in [3.63, 3.8) is 0 Å². The summed E-state index contributed by atoms with van der Waals surface area (Å²) in [5.74, 6) is 0.127. The number of nitrogens with one attached hydrogen (secondary N) is 2. The van der Waals surface area contributed by atoms with E-state index in [4.69, 9.17) is 0 Å². The lowest BCUT2D eigenvalue weighted by molar-refractivity contribution is -0.119. The molecule has 0 aliphatic heterocycles. The van der Waals surface area contributed by atoms with Crippen LogP contribution in [0.4, 0.5) is 0 Å². The summed E-state index contributed by atoms with van der Waals surface area (Å²) in [6.07, 6.45) is 0. The van der Waals surface area contributed by atoms with Gasteiger partial charge in [0, 0.05) is 17.5 Å². The van der Waals surface area contributed by atoms with E-state index in [-0.39, 0.29) is 17.9 Å². The van der Waals surface area contributed by atoms with E-state index < -0.39 is 0 Å². The van der Waals surface area contributed by atoms with Crippen LogP contribution < -0.4 is 10.6 Å². The van der Waals surface area contributed by atoms with Crippen molar-refractivity contribution >= 4 is 23.6 Å². The Balaban J connectivity index is 1.97. The van der Waals surface area contributed by atoms with Gasteiger partial charge in [0.25, 0.3) is 5.91 Å². The summed E-state index contributed by atoms with van der Waals surface area (Å²) in [6, 6.07) is 17.2. The maximum absolute atomic E-state index is 12.4. The number of benzene rings is 2. The molecule has 0 unspecified atom stereocenters. The fourth-order valence-corrected chi connectivity index (χ4v) is 3.02. The average molecular weight is 342 g/mol. The van der Waals surface area contributed by atoms with Gasteiger partial charge in [-0.2, -0.15) is 0 Å². The van der Waals surface area contributed by atoms with Crippen molar-refractivity contribution in [1.29, 1.82) is 0 Å². The molecule has 0 aliphatic rings. The second-order valence-electron chi connectivity index (χ2n) is 5.68. The minimum atomic E-state index is -0.133. The Hall–Kier alpha value is -2.27. The van der Waals surface area contributed by atoms with Crippen LogP contribution in [-0.4, -0.2) is 23.6 Å². The van der Waals surface area contributed by atoms with Gasteiger partial charge in [-0.15, -0.1) is 11.8 Å². The molecular formula is C19H22N2O2S. The van der Waals surface area contributed by atoms with E-state index in [0.29, 0.717) is 17.9 Å². The topological polar surface area (TPSA) is 58.2 Å². The van der Waals surface area contributed by atoms with E-state index in [1.54, 1.807) is 6.07 Å². The number of carbonyl (C=O) groups is 2. The van der Waals surface area contributed by atoms with Crippen LogP contribution in [0, 0.1) is 0 Å². The molecule has 24 heavy (non-hydrogen) atoms. The first-order chi connectivity index (χ1) is 11.6. The van der Waals surface area contributed by atoms with Crippen molar-refractivity contribution in [2.75, 3.05) is 5.75 Å². The minimum Gasteiger partial charge on any atom is -0.353 e. The summed E-state index contributed by atoms with van der Waals surface area (Å²) >= 11 is 1.37. The van der Waals surface area contributed by atoms with E-state index in [0.717, 1.165) is 10.5 Å². The molecule has 0 atom stereocenters. The van der Waals surface area contributed by atoms with Crippen LogP contribution in [0.1, 0.15) is 29.8 Å². The predicted molar refractivity (Wildman–Crippen MR) is 98.1 cm³/mol. The van der Waals surface area contributed by atoms with Crippen molar-refractivity contribution < 1.29 is 9.59 Å². The Bertz CT molecular complexity index is 687. The Labute approximate surface area is 147 Å². The molecule has 2 N–H and O–H groups in total. The van der Waals surface area contributed by atoms with Crippen LogP contribution >= 0.6 is 11.8 Å². The van der Waals surface area contributed by atoms with Gasteiger partial charge in [0.15, 0.2) is 0 Å². The van der Waals surface area contributed by atoms with E-state index >= 15 is 0 Å². The van der Waals surface area contributed by atoms with Crippen molar-refractivity contribution in [3.8, 4) is 0 Å². The lowest BCUT2D eigenvalue weighted by Crippen LogP contribution is -2.31. The zero-order valence-electron chi connectivity index (χ0n) is 13.9. The normalized spacial score (nSPS) is 10.5. The van der Waals surface area contributed by atoms with E-state index in [1.807, 2.05) is 62.4 Å². The van der Waals surface area contributed by atoms with Crippen molar-refractivity contribution in [2.24, 2.45) is 0 Å². The standard InChI is InChI=1S/C19H22N2O2S/c1-14(2)21-18(22)13-24-17-11-7-6-10-16(17)19(23)20-12-15-8-4-3-5-9-15/h3-11,14H,12-13H2,1-2H3,(H,20,23)(H,21,22). The summed E-state index contributed by atoms with van der Waals surface area (Å²) in [5.41, 5.74) is 1.64. The maximum atomic E-state index is 12.4. The molecule has 2 aromatic rings. The highest BCUT2D eigenvalue weighted by Gasteiger charge is 2.12. The quantitative estimate of drug-likeness (QED) is 0.760. The van der Waals surface area contributed by atoms with Crippen LogP contribution in [0.5, 0.6) is 0 Å². The molecule has 0 bridgehead atoms. The highest BCUT2D eigenvalue weighted by atomic mass is 32.2. The molecule has 0 saturated carbocycles. The molecule has 2 aromatic carbocycles. The Kier molecular flexibility index (Phi) is 6.88. The number of carbonyl (C=O) groups excluding carboxylic acids is 2. The molecule has 0 fully saturated rings. The molecule has 4 nitrogen and oxygen atoms in total. The third kappa shape index (κ3) is 5.74. The largest absolute Gasteiger partial charge is 0.353 e. The Morgan fingerprint density at radius 1 is 1.00 bits per heavy atom. The molecule has 5 heteroatoms. The lowest BCUT2D eigenvalue weighted by Gasteiger charge is -2.11. The van der Waals surface area contributed by atoms with Crippen LogP contribution in [0.2, 0.25) is 0 Å². The minimum absolute atomic E-state index is 0.0329. The van der Waals surface area contributed by atoms with Gasteiger partial charge in [0.2, 0.25) is 5.91 Å². The summed E-state index contributed by atoms with van der Waals surface area (Å²) in [6.45, 7) is 4.33. The highest BCUT2D eigenvalue weighted by molar-refractivity contribution is 8.00. The van der Waals surface area contributed by atoms with Crippen molar-refractivity contribution in [1.82, 2.24) is 10.6 Å². The Morgan fingerprint density at radius 3 is 2.38 bits per heavy atom. The molecule has 0 spiro atoms. The molecule has 0 radical (unpaired) electrons. The number of thioether (sulfide) groups is 1. The van der Waals surface area contributed by atoms with Gasteiger partial charge in [0.1, 0.15) is 0 Å². The predicted octanol–water partition coefficient (Wildman–Crippen LogP) is 3.23. The zero-order valence-corrected chi connectivity index (χ0v) is 14.7. The molecule has 0 saturated heterocycles. The molecule has 0 aliphatic carbocycles. The van der Waals surface area contributed by atoms with Crippen molar-refractivity contribution in [2.45, 2.75) is 31.3 Å². The fourth-order valence-electron chi connectivity index (χ4n) is 2.16. The molecule has 0 heterocycles. The second kappa shape index (κ2) is 9.13. The number of hydrogen-bond donors (Lipinski definition) is 2. The second-order valence-corrected chi connectivity index (χ2v) is 6.69. The number of rotatable bonds is 7. The summed E-state index contributed by atoms with van der Waals surface area (Å²) < 4.78 is 0. The first kappa shape index (κ1) is 18.1. The van der Waals surface area contributed by atoms with Gasteiger partial charge in [-0.3, -0.25) is 9.59 Å². The SMILES string of the molecule is CC(C)NC(=O)CSc1ccccc1C(=O)NCc1ccccc1. The molecule has 0 aromatic heterocycles. The summed E-state index contributed by atoms with van der Waals surface area (Å²) in [7, 11) is 0. The van der Waals surface area contributed by atoms with Gasteiger partial charge < -0.3 is 10.6 Å². The van der Waals surface area contributed by atoms with E-state index in [1.165, 1.54) is 11.8 Å². The monoisotopic (exact) mass is 342 g/mol. The summed E-state index contributed by atoms with van der Waals surface area (Å²) in [4.78, 5) is 25.0. The molecular weight excluding hydrogens is 320 g/mol. The lowest BCUT2D eigenvalue weighted by atomic mass is 10.2. The van der Waals surface area contributed by atoms with Gasteiger partial charge in [0.05, 0.1) is 11.3 Å². The molecule has 126 valence electrons. The third-order valence-corrected chi connectivity index (χ3v) is 4.31. The van der Waals surface area contributed by atoms with Gasteiger partial charge in [-0.1, -0.05) is 42.5 Å². The van der Waals surface area contributed by atoms with Crippen LogP contribution in [0.3, 0.4) is 0 Å². The molecule has 2 amide bonds. The Morgan fingerprint density at radius 2 is 1.67 bits per heavy atom. The van der Waals surface area contributed by atoms with Crippen molar-refractivity contribution in [3.05, 3.63) is 65.7 Å². The zero-order chi connectivity index (χ0) is 17.4. The van der Waals surface area contributed by atoms with Crippen LogP contribution in [-0.2, 0) is 11.3 Å². The first-order valence-corrected chi connectivity index (χ1v) is 8.88. The average Bonchev–Trinajstić information content (AvgIpc) is 2.58. The van der Waals surface area contributed by atoms with Crippen LogP contribution in [0.25, 0.3) is 0 Å². The van der Waals surface area contributed by atoms with Gasteiger partial charge >= 0.3 is 0 Å². The van der Waals surface area contributed by atoms with Gasteiger partial charge in [-0.05, 0) is 31.5 Å². The van der Waals surface area contributed by atoms with Crippen LogP contribution in [0.15, 0.2) is 59.5 Å². The fraction of sp³-hybridized carbons (Fsp3) is 0.263. The first-order valence-electron chi connectivity index (χ1n) is 7.89. The van der Waals surface area contributed by atoms with E-state index in [9.17, 15) is 9.59 Å². The van der Waals surface area contributed by atoms with E-state index in [2.05, 4.69) is 10.6 Å².